The fourth-order valence-corrected chi connectivity index (χ4v) is 2.02. The van der Waals surface area contributed by atoms with E-state index in [-0.39, 0.29) is 11.9 Å². The highest BCUT2D eigenvalue weighted by atomic mass is 79.9. The van der Waals surface area contributed by atoms with E-state index < -0.39 is 0 Å². The molecule has 0 aliphatic heterocycles. The average Bonchev–Trinajstić information content (AvgIpc) is 2.22. The van der Waals surface area contributed by atoms with Crippen molar-refractivity contribution in [2.45, 2.75) is 26.8 Å². The van der Waals surface area contributed by atoms with Gasteiger partial charge in [-0.05, 0) is 54.9 Å². The Kier molecular flexibility index (Phi) is 4.35. The van der Waals surface area contributed by atoms with Gasteiger partial charge >= 0.3 is 0 Å². The summed E-state index contributed by atoms with van der Waals surface area (Å²) in [6.07, 6.45) is 0. The van der Waals surface area contributed by atoms with E-state index in [0.29, 0.717) is 17.8 Å². The number of carbonyl (C=O) groups excluding carboxylic acids is 1. The second-order valence-electron chi connectivity index (χ2n) is 3.92. The van der Waals surface area contributed by atoms with Crippen molar-refractivity contribution < 1.29 is 4.79 Å². The summed E-state index contributed by atoms with van der Waals surface area (Å²) < 4.78 is 0.783. The standard InChI is InChI=1S/C12H17BrN2O/c1-4-15(8(2)3)12(16)10-7-9(14)5-6-11(10)13/h5-8H,4,14H2,1-3H3. The molecular formula is C12H17BrN2O. The van der Waals surface area contributed by atoms with Crippen LogP contribution in [0.25, 0.3) is 0 Å². The third kappa shape index (κ3) is 2.76. The van der Waals surface area contributed by atoms with Crippen molar-refractivity contribution in [1.82, 2.24) is 4.90 Å². The van der Waals surface area contributed by atoms with Gasteiger partial charge in [-0.2, -0.15) is 0 Å². The fraction of sp³-hybridized carbons (Fsp3) is 0.417. The number of amides is 1. The van der Waals surface area contributed by atoms with E-state index in [9.17, 15) is 4.79 Å². The van der Waals surface area contributed by atoms with Gasteiger partial charge in [0.2, 0.25) is 0 Å². The van der Waals surface area contributed by atoms with E-state index in [0.717, 1.165) is 4.47 Å². The number of rotatable bonds is 3. The molecule has 1 aromatic rings. The molecule has 1 aromatic carbocycles. The zero-order chi connectivity index (χ0) is 12.3. The van der Waals surface area contributed by atoms with Crippen LogP contribution in [0.15, 0.2) is 22.7 Å². The van der Waals surface area contributed by atoms with Crippen LogP contribution in [-0.2, 0) is 0 Å². The molecule has 0 atom stereocenters. The predicted molar refractivity (Wildman–Crippen MR) is 70.4 cm³/mol. The third-order valence-electron chi connectivity index (χ3n) is 2.45. The van der Waals surface area contributed by atoms with Gasteiger partial charge in [-0.15, -0.1) is 0 Å². The number of carbonyl (C=O) groups is 1. The molecule has 0 saturated carbocycles. The number of nitrogens with two attached hydrogens (primary N) is 1. The van der Waals surface area contributed by atoms with E-state index in [1.807, 2.05) is 20.8 Å². The van der Waals surface area contributed by atoms with Gasteiger partial charge in [0.1, 0.15) is 0 Å². The summed E-state index contributed by atoms with van der Waals surface area (Å²) >= 11 is 3.37. The Labute approximate surface area is 105 Å². The molecule has 0 spiro atoms. The SMILES string of the molecule is CCN(C(=O)c1cc(N)ccc1Br)C(C)C. The maximum Gasteiger partial charge on any atom is 0.255 e. The molecule has 16 heavy (non-hydrogen) atoms. The number of halogens is 1. The van der Waals surface area contributed by atoms with Crippen LogP contribution in [0.1, 0.15) is 31.1 Å². The largest absolute Gasteiger partial charge is 0.399 e. The van der Waals surface area contributed by atoms with Crippen molar-refractivity contribution in [2.24, 2.45) is 0 Å². The molecule has 1 amide bonds. The van der Waals surface area contributed by atoms with Gasteiger partial charge in [0.15, 0.2) is 0 Å². The smallest absolute Gasteiger partial charge is 0.255 e. The molecule has 0 radical (unpaired) electrons. The summed E-state index contributed by atoms with van der Waals surface area (Å²) in [4.78, 5) is 14.0. The van der Waals surface area contributed by atoms with Crippen molar-refractivity contribution in [3.05, 3.63) is 28.2 Å². The molecule has 3 nitrogen and oxygen atoms in total. The van der Waals surface area contributed by atoms with Crippen LogP contribution in [-0.4, -0.2) is 23.4 Å². The van der Waals surface area contributed by atoms with Gasteiger partial charge in [-0.1, -0.05) is 0 Å². The minimum atomic E-state index is 0.0108. The molecule has 1 rings (SSSR count). The van der Waals surface area contributed by atoms with Crippen molar-refractivity contribution in [1.29, 1.82) is 0 Å². The minimum Gasteiger partial charge on any atom is -0.399 e. The van der Waals surface area contributed by atoms with Crippen molar-refractivity contribution in [3.63, 3.8) is 0 Å². The number of hydrogen-bond donors (Lipinski definition) is 1. The Morgan fingerprint density at radius 2 is 2.12 bits per heavy atom. The van der Waals surface area contributed by atoms with Crippen molar-refractivity contribution in [3.8, 4) is 0 Å². The van der Waals surface area contributed by atoms with Crippen LogP contribution in [0, 0.1) is 0 Å². The Balaban J connectivity index is 3.08. The predicted octanol–water partition coefficient (Wildman–Crippen LogP) is 2.90. The summed E-state index contributed by atoms with van der Waals surface area (Å²) in [6.45, 7) is 6.67. The van der Waals surface area contributed by atoms with Crippen molar-refractivity contribution >= 4 is 27.5 Å². The summed E-state index contributed by atoms with van der Waals surface area (Å²) in [5.74, 6) is 0.0108. The van der Waals surface area contributed by atoms with E-state index in [1.54, 1.807) is 23.1 Å². The molecule has 0 unspecified atom stereocenters. The molecule has 0 heterocycles. The van der Waals surface area contributed by atoms with Crippen LogP contribution < -0.4 is 5.73 Å². The number of anilines is 1. The lowest BCUT2D eigenvalue weighted by atomic mass is 10.1. The van der Waals surface area contributed by atoms with E-state index in [2.05, 4.69) is 15.9 Å². The van der Waals surface area contributed by atoms with Crippen molar-refractivity contribution in [2.75, 3.05) is 12.3 Å². The second kappa shape index (κ2) is 5.34. The summed E-state index contributed by atoms with van der Waals surface area (Å²) in [7, 11) is 0. The lowest BCUT2D eigenvalue weighted by Crippen LogP contribution is -2.36. The molecule has 0 aromatic heterocycles. The molecule has 0 aliphatic rings. The molecule has 0 saturated heterocycles. The highest BCUT2D eigenvalue weighted by molar-refractivity contribution is 9.10. The van der Waals surface area contributed by atoms with E-state index in [4.69, 9.17) is 5.73 Å². The number of nitrogens with zero attached hydrogens (tertiary/aromatic N) is 1. The summed E-state index contributed by atoms with van der Waals surface area (Å²) in [5, 5.41) is 0. The molecule has 4 heteroatoms. The Morgan fingerprint density at radius 1 is 1.50 bits per heavy atom. The number of nitrogen functional groups attached to an aromatic ring is 1. The van der Waals surface area contributed by atoms with Crippen LogP contribution >= 0.6 is 15.9 Å². The highest BCUT2D eigenvalue weighted by Crippen LogP contribution is 2.21. The fourth-order valence-electron chi connectivity index (χ4n) is 1.60. The lowest BCUT2D eigenvalue weighted by Gasteiger charge is -2.25. The van der Waals surface area contributed by atoms with Gasteiger partial charge in [0.05, 0.1) is 5.56 Å². The van der Waals surface area contributed by atoms with E-state index >= 15 is 0 Å². The molecule has 0 fully saturated rings. The molecule has 0 bridgehead atoms. The maximum absolute atomic E-state index is 12.2. The number of benzene rings is 1. The normalized spacial score (nSPS) is 10.6. The summed E-state index contributed by atoms with van der Waals surface area (Å²) in [6, 6.07) is 5.46. The van der Waals surface area contributed by atoms with Crippen LogP contribution in [0.3, 0.4) is 0 Å². The molecule has 2 N–H and O–H groups in total. The van der Waals surface area contributed by atoms with Crippen LogP contribution in [0.4, 0.5) is 5.69 Å². The molecule has 0 aliphatic carbocycles. The Morgan fingerprint density at radius 3 is 2.62 bits per heavy atom. The lowest BCUT2D eigenvalue weighted by molar-refractivity contribution is 0.0716. The highest BCUT2D eigenvalue weighted by Gasteiger charge is 2.19. The first-order valence-corrected chi connectivity index (χ1v) is 6.12. The Bertz CT molecular complexity index is 391. The zero-order valence-electron chi connectivity index (χ0n) is 9.83. The Hall–Kier alpha value is -1.03. The molecular weight excluding hydrogens is 268 g/mol. The van der Waals surface area contributed by atoms with Gasteiger partial charge in [-0.25, -0.2) is 0 Å². The van der Waals surface area contributed by atoms with Gasteiger partial charge in [-0.3, -0.25) is 4.79 Å². The minimum absolute atomic E-state index is 0.0108. The first-order valence-electron chi connectivity index (χ1n) is 5.33. The van der Waals surface area contributed by atoms with Gasteiger partial charge in [0.25, 0.3) is 5.91 Å². The molecule has 88 valence electrons. The van der Waals surface area contributed by atoms with Crippen LogP contribution in [0.2, 0.25) is 0 Å². The number of hydrogen-bond acceptors (Lipinski definition) is 2. The van der Waals surface area contributed by atoms with Crippen LogP contribution in [0.5, 0.6) is 0 Å². The van der Waals surface area contributed by atoms with Gasteiger partial charge in [0, 0.05) is 22.7 Å². The quantitative estimate of drug-likeness (QED) is 0.868. The second-order valence-corrected chi connectivity index (χ2v) is 4.78. The zero-order valence-corrected chi connectivity index (χ0v) is 11.4. The van der Waals surface area contributed by atoms with Gasteiger partial charge < -0.3 is 10.6 Å². The van der Waals surface area contributed by atoms with E-state index in [1.165, 1.54) is 0 Å². The first kappa shape index (κ1) is 13.0. The maximum atomic E-state index is 12.2. The average molecular weight is 285 g/mol. The first-order chi connectivity index (χ1) is 7.47. The summed E-state index contributed by atoms with van der Waals surface area (Å²) in [5.41, 5.74) is 6.92. The third-order valence-corrected chi connectivity index (χ3v) is 3.14. The monoisotopic (exact) mass is 284 g/mol. The topological polar surface area (TPSA) is 46.3 Å².